The Morgan fingerprint density at radius 2 is 1.93 bits per heavy atom. The predicted molar refractivity (Wildman–Crippen MR) is 98.8 cm³/mol. The zero-order valence-electron chi connectivity index (χ0n) is 13.7. The van der Waals surface area contributed by atoms with E-state index in [4.69, 9.17) is 16.3 Å². The number of hydrogen-bond donors (Lipinski definition) is 1. The first kappa shape index (κ1) is 18.3. The van der Waals surface area contributed by atoms with Crippen molar-refractivity contribution in [2.45, 2.75) is 0 Å². The molecule has 0 aliphatic rings. The van der Waals surface area contributed by atoms with Crippen molar-refractivity contribution in [2.75, 3.05) is 11.9 Å². The molecule has 0 saturated carbocycles. The van der Waals surface area contributed by atoms with Gasteiger partial charge in [-0.3, -0.25) is 14.9 Å². The van der Waals surface area contributed by atoms with E-state index in [2.05, 4.69) is 10.3 Å². The Balaban J connectivity index is 1.68. The predicted octanol–water partition coefficient (Wildman–Crippen LogP) is 3.59. The fourth-order valence-corrected chi connectivity index (χ4v) is 2.62. The second kappa shape index (κ2) is 7.79. The van der Waals surface area contributed by atoms with Crippen LogP contribution >= 0.6 is 11.6 Å². The smallest absolute Gasteiger partial charge is 0.339 e. The second-order valence-corrected chi connectivity index (χ2v) is 5.83. The van der Waals surface area contributed by atoms with Gasteiger partial charge in [0.1, 0.15) is 5.15 Å². The summed E-state index contributed by atoms with van der Waals surface area (Å²) in [4.78, 5) is 38.6. The maximum Gasteiger partial charge on any atom is 0.339 e. The molecular formula is C18H12ClN3O5. The summed E-state index contributed by atoms with van der Waals surface area (Å²) in [6.45, 7) is -0.560. The minimum atomic E-state index is -0.732. The van der Waals surface area contributed by atoms with Crippen molar-refractivity contribution in [3.63, 3.8) is 0 Å². The third kappa shape index (κ3) is 4.36. The third-order valence-corrected chi connectivity index (χ3v) is 3.77. The number of nitro groups is 1. The molecule has 0 spiro atoms. The minimum absolute atomic E-state index is 0.127. The largest absolute Gasteiger partial charge is 0.452 e. The number of hydrogen-bond acceptors (Lipinski definition) is 6. The van der Waals surface area contributed by atoms with Crippen molar-refractivity contribution >= 4 is 45.8 Å². The maximum absolute atomic E-state index is 12.3. The number of halogens is 1. The van der Waals surface area contributed by atoms with E-state index < -0.39 is 23.4 Å². The van der Waals surface area contributed by atoms with Crippen LogP contribution in [0, 0.1) is 10.1 Å². The number of anilines is 1. The summed E-state index contributed by atoms with van der Waals surface area (Å²) in [5, 5.41) is 13.9. The number of amides is 1. The lowest BCUT2D eigenvalue weighted by atomic mass is 10.1. The number of non-ortho nitro benzene ring substituents is 1. The van der Waals surface area contributed by atoms with Gasteiger partial charge in [-0.25, -0.2) is 9.78 Å². The highest BCUT2D eigenvalue weighted by molar-refractivity contribution is 6.30. The molecule has 3 rings (SSSR count). The summed E-state index contributed by atoms with van der Waals surface area (Å²) in [5.74, 6) is -1.36. The number of esters is 1. The standard InChI is InChI=1S/C18H12ClN3O5/c19-16-9-14(13-6-1-2-7-15(13)21-16)18(24)27-10-17(23)20-11-4-3-5-12(8-11)22(25)26/h1-9H,10H2,(H,20,23). The van der Waals surface area contributed by atoms with Gasteiger partial charge in [-0.2, -0.15) is 0 Å². The fraction of sp³-hybridized carbons (Fsp3) is 0.0556. The van der Waals surface area contributed by atoms with E-state index in [1.54, 1.807) is 24.3 Å². The molecule has 0 aliphatic carbocycles. The van der Waals surface area contributed by atoms with Gasteiger partial charge < -0.3 is 10.1 Å². The molecule has 1 heterocycles. The van der Waals surface area contributed by atoms with E-state index >= 15 is 0 Å². The molecule has 1 N–H and O–H groups in total. The fourth-order valence-electron chi connectivity index (χ4n) is 2.42. The maximum atomic E-state index is 12.3. The lowest BCUT2D eigenvalue weighted by Crippen LogP contribution is -2.21. The molecule has 0 fully saturated rings. The van der Waals surface area contributed by atoms with Crippen LogP contribution in [-0.4, -0.2) is 28.4 Å². The Hall–Kier alpha value is -3.52. The molecule has 0 unspecified atom stereocenters. The van der Waals surface area contributed by atoms with Gasteiger partial charge in [0.15, 0.2) is 6.61 Å². The highest BCUT2D eigenvalue weighted by Gasteiger charge is 2.16. The van der Waals surface area contributed by atoms with Crippen LogP contribution in [0.2, 0.25) is 5.15 Å². The Labute approximate surface area is 157 Å². The topological polar surface area (TPSA) is 111 Å². The van der Waals surface area contributed by atoms with Gasteiger partial charge in [0.05, 0.1) is 16.0 Å². The summed E-state index contributed by atoms with van der Waals surface area (Å²) in [6, 6.07) is 13.7. The lowest BCUT2D eigenvalue weighted by Gasteiger charge is -2.08. The summed E-state index contributed by atoms with van der Waals surface area (Å²) >= 11 is 5.93. The first-order valence-corrected chi connectivity index (χ1v) is 8.08. The van der Waals surface area contributed by atoms with Crippen LogP contribution in [0.4, 0.5) is 11.4 Å². The van der Waals surface area contributed by atoms with Gasteiger partial charge in [-0.15, -0.1) is 0 Å². The van der Waals surface area contributed by atoms with E-state index in [9.17, 15) is 19.7 Å². The van der Waals surface area contributed by atoms with Gasteiger partial charge in [0.2, 0.25) is 0 Å². The molecule has 0 atom stereocenters. The molecule has 3 aromatic rings. The van der Waals surface area contributed by atoms with Crippen LogP contribution in [0.1, 0.15) is 10.4 Å². The van der Waals surface area contributed by atoms with Crippen molar-refractivity contribution in [2.24, 2.45) is 0 Å². The molecule has 8 nitrogen and oxygen atoms in total. The van der Waals surface area contributed by atoms with E-state index in [0.29, 0.717) is 10.9 Å². The first-order chi connectivity index (χ1) is 12.9. The van der Waals surface area contributed by atoms with Crippen LogP contribution in [0.5, 0.6) is 0 Å². The lowest BCUT2D eigenvalue weighted by molar-refractivity contribution is -0.384. The van der Waals surface area contributed by atoms with Crippen molar-refractivity contribution in [3.05, 3.63) is 75.4 Å². The Morgan fingerprint density at radius 1 is 1.15 bits per heavy atom. The number of pyridine rings is 1. The SMILES string of the molecule is O=C(COC(=O)c1cc(Cl)nc2ccccc12)Nc1cccc([N+](=O)[O-])c1. The van der Waals surface area contributed by atoms with Gasteiger partial charge in [0, 0.05) is 23.2 Å². The zero-order valence-corrected chi connectivity index (χ0v) is 14.5. The highest BCUT2D eigenvalue weighted by atomic mass is 35.5. The Kier molecular flexibility index (Phi) is 5.28. The minimum Gasteiger partial charge on any atom is -0.452 e. The first-order valence-electron chi connectivity index (χ1n) is 7.71. The van der Waals surface area contributed by atoms with Gasteiger partial charge >= 0.3 is 5.97 Å². The number of para-hydroxylation sites is 1. The number of benzene rings is 2. The van der Waals surface area contributed by atoms with Crippen molar-refractivity contribution in [1.82, 2.24) is 4.98 Å². The molecule has 0 aliphatic heterocycles. The van der Waals surface area contributed by atoms with Crippen LogP contribution in [0.3, 0.4) is 0 Å². The van der Waals surface area contributed by atoms with Crippen molar-refractivity contribution < 1.29 is 19.2 Å². The summed E-state index contributed by atoms with van der Waals surface area (Å²) in [5.41, 5.74) is 0.775. The third-order valence-electron chi connectivity index (χ3n) is 3.58. The van der Waals surface area contributed by atoms with E-state index in [-0.39, 0.29) is 22.1 Å². The number of aromatic nitrogens is 1. The molecule has 0 saturated heterocycles. The molecule has 9 heteroatoms. The number of nitro benzene ring substituents is 1. The Morgan fingerprint density at radius 3 is 2.70 bits per heavy atom. The van der Waals surface area contributed by atoms with Crippen molar-refractivity contribution in [3.8, 4) is 0 Å². The molecule has 0 bridgehead atoms. The highest BCUT2D eigenvalue weighted by Crippen LogP contribution is 2.21. The molecule has 136 valence electrons. The number of nitrogens with zero attached hydrogens (tertiary/aromatic N) is 2. The number of fused-ring (bicyclic) bond motifs is 1. The molecular weight excluding hydrogens is 374 g/mol. The molecule has 27 heavy (non-hydrogen) atoms. The van der Waals surface area contributed by atoms with E-state index in [0.717, 1.165) is 0 Å². The van der Waals surface area contributed by atoms with E-state index in [1.165, 1.54) is 30.3 Å². The second-order valence-electron chi connectivity index (χ2n) is 5.44. The van der Waals surface area contributed by atoms with Crippen LogP contribution in [0.15, 0.2) is 54.6 Å². The van der Waals surface area contributed by atoms with Crippen LogP contribution in [-0.2, 0) is 9.53 Å². The number of carbonyl (C=O) groups excluding carboxylic acids is 2. The average Bonchev–Trinajstić information content (AvgIpc) is 2.65. The summed E-state index contributed by atoms with van der Waals surface area (Å²) in [6.07, 6.45) is 0. The average molecular weight is 386 g/mol. The monoisotopic (exact) mass is 385 g/mol. The van der Waals surface area contributed by atoms with Crippen LogP contribution in [0.25, 0.3) is 10.9 Å². The molecule has 1 amide bonds. The summed E-state index contributed by atoms with van der Waals surface area (Å²) in [7, 11) is 0. The van der Waals surface area contributed by atoms with E-state index in [1.807, 2.05) is 0 Å². The zero-order chi connectivity index (χ0) is 19.4. The number of carbonyl (C=O) groups is 2. The number of rotatable bonds is 5. The molecule has 0 radical (unpaired) electrons. The van der Waals surface area contributed by atoms with Crippen LogP contribution < -0.4 is 5.32 Å². The molecule has 1 aromatic heterocycles. The van der Waals surface area contributed by atoms with Crippen molar-refractivity contribution in [1.29, 1.82) is 0 Å². The Bertz CT molecular complexity index is 1050. The normalized spacial score (nSPS) is 10.4. The number of nitrogens with one attached hydrogen (secondary N) is 1. The number of ether oxygens (including phenoxy) is 1. The quantitative estimate of drug-likeness (QED) is 0.311. The van der Waals surface area contributed by atoms with Gasteiger partial charge in [-0.05, 0) is 18.2 Å². The summed E-state index contributed by atoms with van der Waals surface area (Å²) < 4.78 is 5.03. The van der Waals surface area contributed by atoms with Gasteiger partial charge in [-0.1, -0.05) is 35.9 Å². The molecule has 2 aromatic carbocycles. The van der Waals surface area contributed by atoms with Gasteiger partial charge in [0.25, 0.3) is 11.6 Å².